The number of likely N-dealkylation sites (N-methyl/N-ethyl adjacent to an activating group) is 1. The van der Waals surface area contributed by atoms with Crippen LogP contribution in [0.4, 0.5) is 0 Å². The van der Waals surface area contributed by atoms with Crippen LogP contribution in [-0.2, 0) is 9.53 Å². The Balaban J connectivity index is 3.40. The predicted molar refractivity (Wildman–Crippen MR) is 60.0 cm³/mol. The molecule has 0 saturated carbocycles. The fraction of sp³-hybridized carbons (Fsp3) is 0.909. The minimum atomic E-state index is -0.742. The number of nitrogens with zero attached hydrogens (tertiary/aromatic N) is 1. The predicted octanol–water partition coefficient (Wildman–Crippen LogP) is 1.46. The lowest BCUT2D eigenvalue weighted by molar-refractivity contribution is -0.141. The Hall–Kier alpha value is -0.610. The molecule has 0 aromatic carbocycles. The Morgan fingerprint density at radius 1 is 1.47 bits per heavy atom. The molecule has 0 aliphatic heterocycles. The van der Waals surface area contributed by atoms with Crippen molar-refractivity contribution in [3.63, 3.8) is 0 Å². The van der Waals surface area contributed by atoms with E-state index in [0.717, 1.165) is 26.0 Å². The van der Waals surface area contributed by atoms with Crippen molar-refractivity contribution in [2.24, 2.45) is 5.92 Å². The summed E-state index contributed by atoms with van der Waals surface area (Å²) < 4.78 is 5.40. The third kappa shape index (κ3) is 8.39. The molecule has 0 aliphatic rings. The number of aliphatic carboxylic acids is 1. The van der Waals surface area contributed by atoms with E-state index in [9.17, 15) is 4.79 Å². The summed E-state index contributed by atoms with van der Waals surface area (Å²) in [7, 11) is 1.92. The van der Waals surface area contributed by atoms with E-state index in [1.807, 2.05) is 11.9 Å². The van der Waals surface area contributed by atoms with Crippen LogP contribution in [0.25, 0.3) is 0 Å². The van der Waals surface area contributed by atoms with E-state index in [1.54, 1.807) is 6.92 Å². The van der Waals surface area contributed by atoms with Gasteiger partial charge < -0.3 is 14.7 Å². The number of hydrogen-bond donors (Lipinski definition) is 1. The number of carboxylic acids is 1. The number of carbonyl (C=O) groups is 1. The average Bonchev–Trinajstić information content (AvgIpc) is 2.17. The monoisotopic (exact) mass is 217 g/mol. The van der Waals surface area contributed by atoms with Gasteiger partial charge in [0.15, 0.2) is 0 Å². The molecule has 1 atom stereocenters. The lowest BCUT2D eigenvalue weighted by Crippen LogP contribution is -2.31. The third-order valence-electron chi connectivity index (χ3n) is 2.27. The fourth-order valence-electron chi connectivity index (χ4n) is 1.21. The first-order chi connectivity index (χ1) is 7.07. The molecule has 0 fully saturated rings. The van der Waals surface area contributed by atoms with Gasteiger partial charge in [-0.3, -0.25) is 4.79 Å². The molecular weight excluding hydrogens is 194 g/mol. The van der Waals surface area contributed by atoms with E-state index in [1.165, 1.54) is 0 Å². The van der Waals surface area contributed by atoms with Gasteiger partial charge in [-0.25, -0.2) is 0 Å². The highest BCUT2D eigenvalue weighted by atomic mass is 16.5. The molecule has 4 nitrogen and oxygen atoms in total. The van der Waals surface area contributed by atoms with Crippen LogP contribution in [0, 0.1) is 5.92 Å². The van der Waals surface area contributed by atoms with E-state index in [-0.39, 0.29) is 5.92 Å². The molecule has 0 aliphatic carbocycles. The molecule has 0 radical (unpaired) electrons. The molecule has 0 spiro atoms. The summed E-state index contributed by atoms with van der Waals surface area (Å²) in [5.41, 5.74) is 0. The van der Waals surface area contributed by atoms with Crippen molar-refractivity contribution in [3.05, 3.63) is 0 Å². The van der Waals surface area contributed by atoms with E-state index < -0.39 is 5.97 Å². The van der Waals surface area contributed by atoms with Crippen LogP contribution in [-0.4, -0.2) is 49.3 Å². The molecule has 0 rings (SSSR count). The molecule has 1 N–H and O–H groups in total. The van der Waals surface area contributed by atoms with Gasteiger partial charge in [-0.2, -0.15) is 0 Å². The zero-order valence-corrected chi connectivity index (χ0v) is 10.0. The van der Waals surface area contributed by atoms with Crippen molar-refractivity contribution in [2.75, 3.05) is 33.4 Å². The van der Waals surface area contributed by atoms with Gasteiger partial charge in [-0.05, 0) is 13.5 Å². The maximum absolute atomic E-state index is 10.6. The molecule has 0 saturated heterocycles. The Morgan fingerprint density at radius 2 is 2.13 bits per heavy atom. The van der Waals surface area contributed by atoms with Crippen LogP contribution in [0.15, 0.2) is 0 Å². The van der Waals surface area contributed by atoms with Crippen LogP contribution in [0.2, 0.25) is 0 Å². The van der Waals surface area contributed by atoms with Crippen molar-refractivity contribution < 1.29 is 14.6 Å². The van der Waals surface area contributed by atoms with Gasteiger partial charge in [0.2, 0.25) is 0 Å². The Bertz CT molecular complexity index is 173. The van der Waals surface area contributed by atoms with Crippen LogP contribution in [0.1, 0.15) is 26.7 Å². The second kappa shape index (κ2) is 8.68. The molecule has 4 heteroatoms. The van der Waals surface area contributed by atoms with Crippen molar-refractivity contribution in [2.45, 2.75) is 26.7 Å². The lowest BCUT2D eigenvalue weighted by Gasteiger charge is -2.18. The van der Waals surface area contributed by atoms with Crippen LogP contribution in [0.3, 0.4) is 0 Å². The Labute approximate surface area is 92.2 Å². The topological polar surface area (TPSA) is 49.8 Å². The minimum absolute atomic E-state index is 0.314. The second-order valence-electron chi connectivity index (χ2n) is 3.97. The number of hydrogen-bond acceptors (Lipinski definition) is 3. The van der Waals surface area contributed by atoms with Gasteiger partial charge in [0.05, 0.1) is 12.5 Å². The summed E-state index contributed by atoms with van der Waals surface area (Å²) in [6, 6.07) is 0. The van der Waals surface area contributed by atoms with Crippen molar-refractivity contribution >= 4 is 5.97 Å². The summed E-state index contributed by atoms with van der Waals surface area (Å²) in [5.74, 6) is -1.06. The van der Waals surface area contributed by atoms with Crippen LogP contribution >= 0.6 is 0 Å². The number of ether oxygens (including phenoxy) is 1. The van der Waals surface area contributed by atoms with Crippen molar-refractivity contribution in [1.29, 1.82) is 0 Å². The first-order valence-electron chi connectivity index (χ1n) is 5.57. The molecule has 0 bridgehead atoms. The molecular formula is C11H23NO3. The summed E-state index contributed by atoms with van der Waals surface area (Å²) in [6.07, 6.45) is 2.24. The Kier molecular flexibility index (Phi) is 8.33. The average molecular weight is 217 g/mol. The van der Waals surface area contributed by atoms with Gasteiger partial charge in [0.25, 0.3) is 0 Å². The zero-order chi connectivity index (χ0) is 11.7. The standard InChI is InChI=1S/C11H23NO3/c1-4-5-7-15-8-6-12(3)9-10(2)11(13)14/h10H,4-9H2,1-3H3,(H,13,14). The van der Waals surface area contributed by atoms with Gasteiger partial charge in [-0.15, -0.1) is 0 Å². The first-order valence-corrected chi connectivity index (χ1v) is 5.57. The molecule has 15 heavy (non-hydrogen) atoms. The van der Waals surface area contributed by atoms with Crippen molar-refractivity contribution in [3.8, 4) is 0 Å². The van der Waals surface area contributed by atoms with Gasteiger partial charge in [0.1, 0.15) is 0 Å². The van der Waals surface area contributed by atoms with E-state index in [0.29, 0.717) is 13.2 Å². The minimum Gasteiger partial charge on any atom is -0.481 e. The zero-order valence-electron chi connectivity index (χ0n) is 10.0. The number of rotatable bonds is 9. The van der Waals surface area contributed by atoms with Crippen LogP contribution < -0.4 is 0 Å². The lowest BCUT2D eigenvalue weighted by atomic mass is 10.2. The fourth-order valence-corrected chi connectivity index (χ4v) is 1.21. The molecule has 0 amide bonds. The van der Waals surface area contributed by atoms with Gasteiger partial charge in [0, 0.05) is 19.7 Å². The SMILES string of the molecule is CCCCOCCN(C)CC(C)C(=O)O. The molecule has 0 aromatic heterocycles. The Morgan fingerprint density at radius 3 is 2.67 bits per heavy atom. The highest BCUT2D eigenvalue weighted by molar-refractivity contribution is 5.69. The molecule has 0 heterocycles. The highest BCUT2D eigenvalue weighted by Crippen LogP contribution is 1.98. The molecule has 0 aromatic rings. The summed E-state index contributed by atoms with van der Waals surface area (Å²) in [5, 5.41) is 8.71. The van der Waals surface area contributed by atoms with Crippen LogP contribution in [0.5, 0.6) is 0 Å². The summed E-state index contributed by atoms with van der Waals surface area (Å²) in [4.78, 5) is 12.6. The van der Waals surface area contributed by atoms with E-state index in [4.69, 9.17) is 9.84 Å². The summed E-state index contributed by atoms with van der Waals surface area (Å²) >= 11 is 0. The first kappa shape index (κ1) is 14.4. The van der Waals surface area contributed by atoms with Crippen molar-refractivity contribution in [1.82, 2.24) is 4.90 Å². The van der Waals surface area contributed by atoms with Gasteiger partial charge in [-0.1, -0.05) is 20.3 Å². The van der Waals surface area contributed by atoms with Gasteiger partial charge >= 0.3 is 5.97 Å². The highest BCUT2D eigenvalue weighted by Gasteiger charge is 2.12. The maximum atomic E-state index is 10.6. The number of unbranched alkanes of at least 4 members (excludes halogenated alkanes) is 1. The number of carboxylic acid groups (broad SMARTS) is 1. The third-order valence-corrected chi connectivity index (χ3v) is 2.27. The second-order valence-corrected chi connectivity index (χ2v) is 3.97. The summed E-state index contributed by atoms with van der Waals surface area (Å²) in [6.45, 7) is 6.70. The maximum Gasteiger partial charge on any atom is 0.307 e. The normalized spacial score (nSPS) is 13.1. The largest absolute Gasteiger partial charge is 0.481 e. The molecule has 1 unspecified atom stereocenters. The smallest absolute Gasteiger partial charge is 0.307 e. The quantitative estimate of drug-likeness (QED) is 0.594. The molecule has 90 valence electrons. The van der Waals surface area contributed by atoms with E-state index in [2.05, 4.69) is 6.92 Å². The van der Waals surface area contributed by atoms with E-state index >= 15 is 0 Å².